The van der Waals surface area contributed by atoms with Crippen LogP contribution in [0.3, 0.4) is 0 Å². The number of carbonyl (C=O) groups excluding carboxylic acids is 3. The van der Waals surface area contributed by atoms with Crippen LogP contribution in [0.2, 0.25) is 0 Å². The molecule has 0 N–H and O–H groups in total. The first kappa shape index (κ1) is 65.8. The highest BCUT2D eigenvalue weighted by Crippen LogP contribution is 2.15. The molecule has 69 heavy (non-hydrogen) atoms. The maximum atomic E-state index is 12.8. The third-order valence-corrected chi connectivity index (χ3v) is 12.7. The molecule has 6 nitrogen and oxygen atoms in total. The molecular weight excluding hydrogens is 853 g/mol. The number of carbonyl (C=O) groups is 3. The van der Waals surface area contributed by atoms with Crippen LogP contribution in [-0.4, -0.2) is 37.2 Å². The molecule has 0 saturated heterocycles. The lowest BCUT2D eigenvalue weighted by Gasteiger charge is -2.18. The van der Waals surface area contributed by atoms with Gasteiger partial charge >= 0.3 is 17.9 Å². The molecule has 0 radical (unpaired) electrons. The third kappa shape index (κ3) is 55.6. The van der Waals surface area contributed by atoms with Gasteiger partial charge in [0, 0.05) is 19.3 Å². The Morgan fingerprint density at radius 2 is 0.522 bits per heavy atom. The van der Waals surface area contributed by atoms with Gasteiger partial charge in [0.25, 0.3) is 0 Å². The second-order valence-electron chi connectivity index (χ2n) is 19.6. The van der Waals surface area contributed by atoms with E-state index in [1.807, 2.05) is 0 Å². The van der Waals surface area contributed by atoms with Crippen molar-refractivity contribution in [3.05, 3.63) is 72.9 Å². The molecular formula is C63H110O6. The summed E-state index contributed by atoms with van der Waals surface area (Å²) >= 11 is 0. The summed E-state index contributed by atoms with van der Waals surface area (Å²) < 4.78 is 16.8. The minimum absolute atomic E-state index is 0.0825. The fourth-order valence-corrected chi connectivity index (χ4v) is 8.22. The highest BCUT2D eigenvalue weighted by Gasteiger charge is 2.19. The zero-order valence-corrected chi connectivity index (χ0v) is 45.6. The SMILES string of the molecule is CCCCCCC/C=C\C/C=C\C/C=C\CCCCCCCCCCC(=O)OCC(COC(=O)CCCCCCCCC)OC(=O)CCCCCCCC/C=C\C/C=C\C/C=C\CCCCCCC. The molecule has 0 aromatic rings. The van der Waals surface area contributed by atoms with Gasteiger partial charge in [-0.05, 0) is 96.3 Å². The largest absolute Gasteiger partial charge is 0.462 e. The molecule has 1 unspecified atom stereocenters. The summed E-state index contributed by atoms with van der Waals surface area (Å²) in [6.45, 7) is 6.57. The van der Waals surface area contributed by atoms with E-state index in [2.05, 4.69) is 93.7 Å². The molecule has 0 aromatic carbocycles. The Balaban J connectivity index is 4.23. The first-order valence-corrected chi connectivity index (χ1v) is 29.4. The molecule has 0 spiro atoms. The van der Waals surface area contributed by atoms with Crippen LogP contribution in [0.4, 0.5) is 0 Å². The third-order valence-electron chi connectivity index (χ3n) is 12.7. The number of unbranched alkanes of at least 4 members (excludes halogenated alkanes) is 30. The molecule has 0 aromatic heterocycles. The lowest BCUT2D eigenvalue weighted by molar-refractivity contribution is -0.167. The van der Waals surface area contributed by atoms with Crippen LogP contribution in [-0.2, 0) is 28.6 Å². The summed E-state index contributed by atoms with van der Waals surface area (Å²) in [5, 5.41) is 0. The number of ether oxygens (including phenoxy) is 3. The fraction of sp³-hybridized carbons (Fsp3) is 0.762. The summed E-state index contributed by atoms with van der Waals surface area (Å²) in [4.78, 5) is 38.0. The minimum Gasteiger partial charge on any atom is -0.462 e. The molecule has 0 aliphatic heterocycles. The molecule has 0 aliphatic rings. The number of rotatable bonds is 53. The van der Waals surface area contributed by atoms with Gasteiger partial charge in [-0.15, -0.1) is 0 Å². The zero-order valence-electron chi connectivity index (χ0n) is 45.6. The highest BCUT2D eigenvalue weighted by molar-refractivity contribution is 5.71. The van der Waals surface area contributed by atoms with Crippen LogP contribution >= 0.6 is 0 Å². The van der Waals surface area contributed by atoms with Gasteiger partial charge in [-0.2, -0.15) is 0 Å². The van der Waals surface area contributed by atoms with Crippen molar-refractivity contribution >= 4 is 17.9 Å². The fourth-order valence-electron chi connectivity index (χ4n) is 8.22. The monoisotopic (exact) mass is 963 g/mol. The van der Waals surface area contributed by atoms with E-state index in [0.29, 0.717) is 19.3 Å². The Morgan fingerprint density at radius 3 is 0.812 bits per heavy atom. The van der Waals surface area contributed by atoms with Crippen molar-refractivity contribution in [2.45, 2.75) is 297 Å². The molecule has 0 saturated carbocycles. The quantitative estimate of drug-likeness (QED) is 0.0262. The van der Waals surface area contributed by atoms with Crippen molar-refractivity contribution in [3.63, 3.8) is 0 Å². The second kappa shape index (κ2) is 57.4. The van der Waals surface area contributed by atoms with E-state index in [1.165, 1.54) is 148 Å². The lowest BCUT2D eigenvalue weighted by atomic mass is 10.1. The molecule has 0 fully saturated rings. The van der Waals surface area contributed by atoms with Crippen LogP contribution in [0.5, 0.6) is 0 Å². The van der Waals surface area contributed by atoms with E-state index in [-0.39, 0.29) is 31.1 Å². The van der Waals surface area contributed by atoms with Crippen molar-refractivity contribution in [1.29, 1.82) is 0 Å². The van der Waals surface area contributed by atoms with Crippen LogP contribution in [0.1, 0.15) is 290 Å². The van der Waals surface area contributed by atoms with Crippen LogP contribution in [0, 0.1) is 0 Å². The summed E-state index contributed by atoms with van der Waals surface area (Å²) in [6, 6.07) is 0. The Morgan fingerprint density at radius 1 is 0.290 bits per heavy atom. The number of esters is 3. The van der Waals surface area contributed by atoms with Crippen molar-refractivity contribution < 1.29 is 28.6 Å². The lowest BCUT2D eigenvalue weighted by Crippen LogP contribution is -2.30. The van der Waals surface area contributed by atoms with E-state index in [9.17, 15) is 14.4 Å². The molecule has 0 bridgehead atoms. The smallest absolute Gasteiger partial charge is 0.306 e. The van der Waals surface area contributed by atoms with Gasteiger partial charge < -0.3 is 14.2 Å². The molecule has 1 atom stereocenters. The topological polar surface area (TPSA) is 78.9 Å². The van der Waals surface area contributed by atoms with E-state index >= 15 is 0 Å². The Kier molecular flexibility index (Phi) is 54.8. The average Bonchev–Trinajstić information content (AvgIpc) is 3.35. The highest BCUT2D eigenvalue weighted by atomic mass is 16.6. The molecule has 0 heterocycles. The van der Waals surface area contributed by atoms with Gasteiger partial charge in [-0.25, -0.2) is 0 Å². The Bertz CT molecular complexity index is 1290. The predicted octanol–water partition coefficient (Wildman–Crippen LogP) is 19.8. The Labute approximate surface area is 427 Å². The van der Waals surface area contributed by atoms with E-state index in [0.717, 1.165) is 103 Å². The summed E-state index contributed by atoms with van der Waals surface area (Å²) in [5.74, 6) is -0.902. The second-order valence-corrected chi connectivity index (χ2v) is 19.6. The van der Waals surface area contributed by atoms with Crippen molar-refractivity contribution in [2.24, 2.45) is 0 Å². The van der Waals surface area contributed by atoms with Gasteiger partial charge in [0.2, 0.25) is 0 Å². The molecule has 6 heteroatoms. The first-order chi connectivity index (χ1) is 34.0. The summed E-state index contributed by atoms with van der Waals surface area (Å²) in [6.07, 6.45) is 73.4. The standard InChI is InChI=1S/C63H110O6/c1-4-7-10-13-16-18-20-22-24-26-28-30-31-33-34-36-38-40-42-44-47-50-53-56-62(65)68-59-60(58-67-61(64)55-52-49-46-15-12-9-6-3)69-63(66)57-54-51-48-45-43-41-39-37-35-32-29-27-25-23-21-19-17-14-11-8-5-2/h20-23,26-29,31,33,35,37,60H,4-19,24-25,30,32,34,36,38-59H2,1-3H3/b22-20-,23-21-,28-26-,29-27-,33-31-,37-35-. The molecule has 0 amide bonds. The van der Waals surface area contributed by atoms with Gasteiger partial charge in [0.15, 0.2) is 6.10 Å². The van der Waals surface area contributed by atoms with Gasteiger partial charge in [-0.1, -0.05) is 248 Å². The van der Waals surface area contributed by atoms with Crippen LogP contribution < -0.4 is 0 Å². The van der Waals surface area contributed by atoms with Gasteiger partial charge in [0.1, 0.15) is 13.2 Å². The maximum absolute atomic E-state index is 12.8. The number of hydrogen-bond donors (Lipinski definition) is 0. The van der Waals surface area contributed by atoms with E-state index < -0.39 is 6.10 Å². The number of allylic oxidation sites excluding steroid dienone is 12. The Hall–Kier alpha value is -3.15. The molecule has 0 rings (SSSR count). The normalized spacial score (nSPS) is 12.6. The molecule has 0 aliphatic carbocycles. The average molecular weight is 964 g/mol. The number of hydrogen-bond acceptors (Lipinski definition) is 6. The van der Waals surface area contributed by atoms with Crippen molar-refractivity contribution in [2.75, 3.05) is 13.2 Å². The van der Waals surface area contributed by atoms with Crippen molar-refractivity contribution in [1.82, 2.24) is 0 Å². The van der Waals surface area contributed by atoms with E-state index in [4.69, 9.17) is 14.2 Å². The summed E-state index contributed by atoms with van der Waals surface area (Å²) in [5.41, 5.74) is 0. The zero-order chi connectivity index (χ0) is 50.0. The van der Waals surface area contributed by atoms with Crippen molar-refractivity contribution in [3.8, 4) is 0 Å². The minimum atomic E-state index is -0.783. The first-order valence-electron chi connectivity index (χ1n) is 29.4. The summed E-state index contributed by atoms with van der Waals surface area (Å²) in [7, 11) is 0. The van der Waals surface area contributed by atoms with Crippen LogP contribution in [0.25, 0.3) is 0 Å². The van der Waals surface area contributed by atoms with E-state index in [1.54, 1.807) is 0 Å². The predicted molar refractivity (Wildman–Crippen MR) is 298 cm³/mol. The van der Waals surface area contributed by atoms with Crippen LogP contribution in [0.15, 0.2) is 72.9 Å². The maximum Gasteiger partial charge on any atom is 0.306 e. The molecule has 398 valence electrons. The van der Waals surface area contributed by atoms with Gasteiger partial charge in [0.05, 0.1) is 0 Å². The van der Waals surface area contributed by atoms with Gasteiger partial charge in [-0.3, -0.25) is 14.4 Å².